The van der Waals surface area contributed by atoms with Crippen LogP contribution in [0.2, 0.25) is 0 Å². The summed E-state index contributed by atoms with van der Waals surface area (Å²) in [6.45, 7) is 6.62. The summed E-state index contributed by atoms with van der Waals surface area (Å²) in [5.74, 6) is -0.922. The van der Waals surface area contributed by atoms with Crippen molar-refractivity contribution in [2.24, 2.45) is 0 Å². The highest BCUT2D eigenvalue weighted by Crippen LogP contribution is 2.16. The maximum atomic E-state index is 12.8. The maximum absolute atomic E-state index is 12.8. The van der Waals surface area contributed by atoms with E-state index in [4.69, 9.17) is 14.2 Å². The Hall–Kier alpha value is -2.37. The molecule has 1 unspecified atom stereocenters. The third-order valence-corrected chi connectivity index (χ3v) is 12.4. The Labute approximate surface area is 397 Å². The zero-order chi connectivity index (χ0) is 46.5. The molecule has 6 nitrogen and oxygen atoms in total. The van der Waals surface area contributed by atoms with Gasteiger partial charge in [0.1, 0.15) is 13.2 Å². The Bertz CT molecular complexity index is 1080. The van der Waals surface area contributed by atoms with Gasteiger partial charge < -0.3 is 14.2 Å². The molecule has 0 fully saturated rings. The molecule has 0 aromatic rings. The molecule has 0 spiro atoms. The van der Waals surface area contributed by atoms with Crippen LogP contribution >= 0.6 is 0 Å². The molecule has 0 saturated heterocycles. The van der Waals surface area contributed by atoms with Crippen molar-refractivity contribution in [1.29, 1.82) is 0 Å². The van der Waals surface area contributed by atoms with E-state index in [2.05, 4.69) is 57.2 Å². The summed E-state index contributed by atoms with van der Waals surface area (Å²) >= 11 is 0. The second kappa shape index (κ2) is 53.2. The van der Waals surface area contributed by atoms with Crippen molar-refractivity contribution in [2.45, 2.75) is 303 Å². The topological polar surface area (TPSA) is 78.9 Å². The van der Waals surface area contributed by atoms with Crippen LogP contribution < -0.4 is 0 Å². The minimum atomic E-state index is -0.787. The van der Waals surface area contributed by atoms with E-state index in [9.17, 15) is 14.4 Å². The van der Waals surface area contributed by atoms with Crippen molar-refractivity contribution >= 4 is 17.9 Å². The molecular formula is C58H106O6. The highest BCUT2D eigenvalue weighted by atomic mass is 16.6. The molecule has 64 heavy (non-hydrogen) atoms. The summed E-state index contributed by atoms with van der Waals surface area (Å²) in [5.41, 5.74) is 0. The van der Waals surface area contributed by atoms with Gasteiger partial charge in [-0.1, -0.05) is 263 Å². The van der Waals surface area contributed by atoms with Crippen molar-refractivity contribution < 1.29 is 28.6 Å². The molecule has 0 heterocycles. The van der Waals surface area contributed by atoms with Crippen molar-refractivity contribution in [1.82, 2.24) is 0 Å². The Morgan fingerprint density at radius 1 is 0.312 bits per heavy atom. The van der Waals surface area contributed by atoms with E-state index in [1.807, 2.05) is 0 Å². The number of esters is 3. The van der Waals surface area contributed by atoms with E-state index >= 15 is 0 Å². The Kier molecular flexibility index (Phi) is 51.3. The van der Waals surface area contributed by atoms with Gasteiger partial charge in [-0.3, -0.25) is 14.4 Å². The van der Waals surface area contributed by atoms with Gasteiger partial charge in [0.05, 0.1) is 0 Å². The van der Waals surface area contributed by atoms with Gasteiger partial charge in [-0.05, 0) is 51.4 Å². The summed E-state index contributed by atoms with van der Waals surface area (Å²) in [5, 5.41) is 0. The lowest BCUT2D eigenvalue weighted by Gasteiger charge is -2.18. The molecule has 0 bridgehead atoms. The van der Waals surface area contributed by atoms with Gasteiger partial charge in [0.2, 0.25) is 0 Å². The molecule has 0 aliphatic rings. The number of ether oxygens (including phenoxy) is 3. The third-order valence-electron chi connectivity index (χ3n) is 12.4. The van der Waals surface area contributed by atoms with E-state index in [0.717, 1.165) is 57.8 Å². The van der Waals surface area contributed by atoms with Crippen LogP contribution in [-0.4, -0.2) is 37.2 Å². The van der Waals surface area contributed by atoms with Crippen molar-refractivity contribution in [3.8, 4) is 0 Å². The van der Waals surface area contributed by atoms with Crippen LogP contribution in [0.5, 0.6) is 0 Å². The summed E-state index contributed by atoms with van der Waals surface area (Å²) in [6, 6.07) is 0. The van der Waals surface area contributed by atoms with Gasteiger partial charge in [-0.15, -0.1) is 0 Å². The predicted octanol–water partition coefficient (Wildman–Crippen LogP) is 18.5. The summed E-state index contributed by atoms with van der Waals surface area (Å²) in [7, 11) is 0. The van der Waals surface area contributed by atoms with Crippen LogP contribution in [0.4, 0.5) is 0 Å². The minimum Gasteiger partial charge on any atom is -0.462 e. The number of carbonyl (C=O) groups is 3. The Morgan fingerprint density at radius 2 is 0.578 bits per heavy atom. The fourth-order valence-electron chi connectivity index (χ4n) is 8.17. The number of hydrogen-bond donors (Lipinski definition) is 0. The number of hydrogen-bond acceptors (Lipinski definition) is 6. The standard InChI is InChI=1S/C58H106O6/c1-4-7-10-13-16-19-22-25-27-29-31-33-36-39-42-45-48-51-57(60)63-54-55(53-62-56(59)50-47-44-41-38-35-24-21-18-15-12-9-6-3)64-58(61)52-49-46-43-40-37-34-32-30-28-26-23-20-17-14-11-8-5-2/h25,27,31,33,39,42,55H,4-24,26,28-30,32,34-38,40-41,43-54H2,1-3H3/b27-25-,33-31-,42-39-. The molecule has 0 N–H and O–H groups in total. The average molecular weight is 899 g/mol. The van der Waals surface area contributed by atoms with E-state index in [0.29, 0.717) is 25.7 Å². The first-order valence-electron chi connectivity index (χ1n) is 28.0. The van der Waals surface area contributed by atoms with Crippen LogP contribution in [0.3, 0.4) is 0 Å². The van der Waals surface area contributed by atoms with E-state index < -0.39 is 6.10 Å². The lowest BCUT2D eigenvalue weighted by Crippen LogP contribution is -2.30. The van der Waals surface area contributed by atoms with Gasteiger partial charge in [0, 0.05) is 19.3 Å². The first-order valence-corrected chi connectivity index (χ1v) is 28.0. The quantitative estimate of drug-likeness (QED) is 0.0262. The van der Waals surface area contributed by atoms with Crippen LogP contribution in [0.15, 0.2) is 36.5 Å². The molecular weight excluding hydrogens is 793 g/mol. The smallest absolute Gasteiger partial charge is 0.306 e. The molecule has 0 aliphatic carbocycles. The number of rotatable bonds is 51. The van der Waals surface area contributed by atoms with Gasteiger partial charge in [0.15, 0.2) is 6.10 Å². The third kappa shape index (κ3) is 50.6. The molecule has 6 heteroatoms. The van der Waals surface area contributed by atoms with Gasteiger partial charge >= 0.3 is 17.9 Å². The number of unbranched alkanes of at least 4 members (excludes halogenated alkanes) is 34. The fraction of sp³-hybridized carbons (Fsp3) is 0.845. The van der Waals surface area contributed by atoms with Gasteiger partial charge in [0.25, 0.3) is 0 Å². The number of carbonyl (C=O) groups excluding carboxylic acids is 3. The number of allylic oxidation sites excluding steroid dienone is 6. The van der Waals surface area contributed by atoms with E-state index in [1.54, 1.807) is 0 Å². The molecule has 0 aromatic heterocycles. The molecule has 0 aromatic carbocycles. The first-order chi connectivity index (χ1) is 31.5. The maximum Gasteiger partial charge on any atom is 0.306 e. The van der Waals surface area contributed by atoms with Crippen LogP contribution in [0.1, 0.15) is 297 Å². The molecule has 0 radical (unpaired) electrons. The lowest BCUT2D eigenvalue weighted by molar-refractivity contribution is -0.167. The van der Waals surface area contributed by atoms with Crippen molar-refractivity contribution in [3.05, 3.63) is 36.5 Å². The normalized spacial score (nSPS) is 12.2. The fourth-order valence-corrected chi connectivity index (χ4v) is 8.17. The second-order valence-electron chi connectivity index (χ2n) is 18.9. The molecule has 0 aliphatic heterocycles. The molecule has 0 rings (SSSR count). The molecule has 0 amide bonds. The predicted molar refractivity (Wildman–Crippen MR) is 275 cm³/mol. The van der Waals surface area contributed by atoms with E-state index in [-0.39, 0.29) is 31.1 Å². The largest absolute Gasteiger partial charge is 0.462 e. The first kappa shape index (κ1) is 61.6. The van der Waals surface area contributed by atoms with Crippen molar-refractivity contribution in [2.75, 3.05) is 13.2 Å². The Morgan fingerprint density at radius 3 is 0.938 bits per heavy atom. The molecule has 1 atom stereocenters. The monoisotopic (exact) mass is 899 g/mol. The Balaban J connectivity index is 4.39. The zero-order valence-corrected chi connectivity index (χ0v) is 42.8. The lowest BCUT2D eigenvalue weighted by atomic mass is 10.0. The van der Waals surface area contributed by atoms with Crippen molar-refractivity contribution in [3.63, 3.8) is 0 Å². The summed E-state index contributed by atoms with van der Waals surface area (Å²) < 4.78 is 16.8. The van der Waals surface area contributed by atoms with Crippen LogP contribution in [0, 0.1) is 0 Å². The summed E-state index contributed by atoms with van der Waals surface area (Å²) in [4.78, 5) is 38.0. The van der Waals surface area contributed by atoms with E-state index in [1.165, 1.54) is 193 Å². The summed E-state index contributed by atoms with van der Waals surface area (Å²) in [6.07, 6.45) is 62.8. The minimum absolute atomic E-state index is 0.0830. The van der Waals surface area contributed by atoms with Crippen LogP contribution in [-0.2, 0) is 28.6 Å². The average Bonchev–Trinajstić information content (AvgIpc) is 3.29. The highest BCUT2D eigenvalue weighted by molar-refractivity contribution is 5.71. The van der Waals surface area contributed by atoms with Gasteiger partial charge in [-0.25, -0.2) is 0 Å². The zero-order valence-electron chi connectivity index (χ0n) is 42.8. The molecule has 0 saturated carbocycles. The molecule has 374 valence electrons. The van der Waals surface area contributed by atoms with Crippen LogP contribution in [0.25, 0.3) is 0 Å². The highest BCUT2D eigenvalue weighted by Gasteiger charge is 2.19. The SMILES string of the molecule is CCCCCCCC/C=C\C/C=C\C/C=C\CCCC(=O)OCC(COC(=O)CCCCCCCCCCCCCC)OC(=O)CCCCCCCCCCCCCCCCCCC. The second-order valence-corrected chi connectivity index (χ2v) is 18.9. The van der Waals surface area contributed by atoms with Gasteiger partial charge in [-0.2, -0.15) is 0 Å².